The van der Waals surface area contributed by atoms with Crippen LogP contribution in [0.2, 0.25) is 0 Å². The van der Waals surface area contributed by atoms with Gasteiger partial charge in [-0.25, -0.2) is 12.7 Å². The lowest BCUT2D eigenvalue weighted by Crippen LogP contribution is -2.37. The fourth-order valence-electron chi connectivity index (χ4n) is 1.48. The van der Waals surface area contributed by atoms with Gasteiger partial charge in [-0.05, 0) is 32.0 Å². The van der Waals surface area contributed by atoms with Crippen molar-refractivity contribution >= 4 is 27.3 Å². The van der Waals surface area contributed by atoms with Gasteiger partial charge in [0.1, 0.15) is 0 Å². The number of nitrogens with two attached hydrogens (primary N) is 2. The summed E-state index contributed by atoms with van der Waals surface area (Å²) in [5.41, 5.74) is 11.3. The molecule has 0 bridgehead atoms. The van der Waals surface area contributed by atoms with Crippen LogP contribution in [0.5, 0.6) is 0 Å². The predicted molar refractivity (Wildman–Crippen MR) is 83.2 cm³/mol. The summed E-state index contributed by atoms with van der Waals surface area (Å²) in [6, 6.07) is 4.42. The lowest BCUT2D eigenvalue weighted by atomic mass is 9.92. The number of hydrogen-bond acceptors (Lipinski definition) is 5. The van der Waals surface area contributed by atoms with Crippen LogP contribution in [0.3, 0.4) is 0 Å². The van der Waals surface area contributed by atoms with Crippen molar-refractivity contribution in [2.45, 2.75) is 18.7 Å². The van der Waals surface area contributed by atoms with E-state index < -0.39 is 21.3 Å². The Morgan fingerprint density at radius 1 is 1.33 bits per heavy atom. The first-order chi connectivity index (χ1) is 9.48. The fraction of sp³-hybridized carbons (Fsp3) is 0.462. The standard InChI is InChI=1S/C13H22N4O3S/c1-13(2,12(15)18)8-16-11-6-5-9(7-10(11)14)21(19,20)17(3)4/h5-7,16H,8,14H2,1-4H3,(H2,15,18). The first-order valence-electron chi connectivity index (χ1n) is 6.34. The molecule has 118 valence electrons. The highest BCUT2D eigenvalue weighted by Gasteiger charge is 2.25. The molecule has 0 saturated heterocycles. The summed E-state index contributed by atoms with van der Waals surface area (Å²) in [6.45, 7) is 3.72. The Kier molecular flexibility index (Phi) is 4.85. The van der Waals surface area contributed by atoms with Crippen LogP contribution in [-0.4, -0.2) is 39.3 Å². The van der Waals surface area contributed by atoms with Crippen LogP contribution in [-0.2, 0) is 14.8 Å². The molecule has 0 aliphatic heterocycles. The molecule has 0 radical (unpaired) electrons. The van der Waals surface area contributed by atoms with Gasteiger partial charge in [-0.1, -0.05) is 0 Å². The molecule has 1 amide bonds. The number of hydrogen-bond donors (Lipinski definition) is 3. The third-order valence-electron chi connectivity index (χ3n) is 3.19. The number of primary amides is 1. The monoisotopic (exact) mass is 314 g/mol. The summed E-state index contributed by atoms with van der Waals surface area (Å²) in [6.07, 6.45) is 0. The number of amides is 1. The summed E-state index contributed by atoms with van der Waals surface area (Å²) in [7, 11) is -0.619. The van der Waals surface area contributed by atoms with Gasteiger partial charge in [0.25, 0.3) is 0 Å². The Bertz CT molecular complexity index is 639. The summed E-state index contributed by atoms with van der Waals surface area (Å²) >= 11 is 0. The molecule has 8 heteroatoms. The second-order valence-electron chi connectivity index (χ2n) is 5.64. The number of carbonyl (C=O) groups is 1. The van der Waals surface area contributed by atoms with Gasteiger partial charge < -0.3 is 16.8 Å². The van der Waals surface area contributed by atoms with E-state index in [-0.39, 0.29) is 10.6 Å². The quantitative estimate of drug-likeness (QED) is 0.658. The Balaban J connectivity index is 2.98. The molecule has 1 aromatic rings. The first kappa shape index (κ1) is 17.3. The predicted octanol–water partition coefficient (Wildman–Crippen LogP) is 0.443. The van der Waals surface area contributed by atoms with Crippen molar-refractivity contribution in [3.63, 3.8) is 0 Å². The molecule has 21 heavy (non-hydrogen) atoms. The molecule has 0 heterocycles. The average molecular weight is 314 g/mol. The van der Waals surface area contributed by atoms with Gasteiger partial charge in [-0.15, -0.1) is 0 Å². The topological polar surface area (TPSA) is 119 Å². The van der Waals surface area contributed by atoms with E-state index in [2.05, 4.69) is 5.32 Å². The molecule has 0 aromatic heterocycles. The molecule has 7 nitrogen and oxygen atoms in total. The van der Waals surface area contributed by atoms with Gasteiger partial charge in [0.05, 0.1) is 21.7 Å². The fourth-order valence-corrected chi connectivity index (χ4v) is 2.41. The molecule has 0 aliphatic carbocycles. The Morgan fingerprint density at radius 3 is 2.33 bits per heavy atom. The SMILES string of the molecule is CN(C)S(=O)(=O)c1ccc(NCC(C)(C)C(N)=O)c(N)c1. The number of nitrogens with zero attached hydrogens (tertiary/aromatic N) is 1. The third kappa shape index (κ3) is 3.85. The number of sulfonamides is 1. The van der Waals surface area contributed by atoms with Crippen LogP contribution in [0.1, 0.15) is 13.8 Å². The molecule has 1 aromatic carbocycles. The van der Waals surface area contributed by atoms with E-state index in [1.165, 1.54) is 26.2 Å². The lowest BCUT2D eigenvalue weighted by Gasteiger charge is -2.22. The average Bonchev–Trinajstić information content (AvgIpc) is 2.36. The normalized spacial score (nSPS) is 12.4. The zero-order valence-corrected chi connectivity index (χ0v) is 13.5. The summed E-state index contributed by atoms with van der Waals surface area (Å²) in [4.78, 5) is 11.4. The number of nitrogen functional groups attached to an aromatic ring is 1. The first-order valence-corrected chi connectivity index (χ1v) is 7.78. The van der Waals surface area contributed by atoms with Crippen molar-refractivity contribution in [2.24, 2.45) is 11.1 Å². The van der Waals surface area contributed by atoms with Gasteiger partial charge >= 0.3 is 0 Å². The molecule has 0 aliphatic rings. The molecule has 0 saturated carbocycles. The maximum absolute atomic E-state index is 12.0. The van der Waals surface area contributed by atoms with E-state index in [0.29, 0.717) is 12.2 Å². The largest absolute Gasteiger partial charge is 0.397 e. The highest BCUT2D eigenvalue weighted by molar-refractivity contribution is 7.89. The maximum atomic E-state index is 12.0. The summed E-state index contributed by atoms with van der Waals surface area (Å²) < 4.78 is 25.1. The molecular weight excluding hydrogens is 292 g/mol. The van der Waals surface area contributed by atoms with E-state index in [9.17, 15) is 13.2 Å². The second-order valence-corrected chi connectivity index (χ2v) is 7.79. The van der Waals surface area contributed by atoms with Crippen molar-refractivity contribution < 1.29 is 13.2 Å². The van der Waals surface area contributed by atoms with Crippen molar-refractivity contribution in [3.05, 3.63) is 18.2 Å². The molecule has 0 atom stereocenters. The van der Waals surface area contributed by atoms with E-state index in [1.807, 2.05) is 0 Å². The summed E-state index contributed by atoms with van der Waals surface area (Å²) in [5.74, 6) is -0.430. The van der Waals surface area contributed by atoms with Gasteiger partial charge in [-0.2, -0.15) is 0 Å². The van der Waals surface area contributed by atoms with Crippen LogP contribution < -0.4 is 16.8 Å². The second kappa shape index (κ2) is 5.90. The minimum absolute atomic E-state index is 0.115. The van der Waals surface area contributed by atoms with Crippen molar-refractivity contribution in [2.75, 3.05) is 31.7 Å². The zero-order valence-electron chi connectivity index (χ0n) is 12.7. The highest BCUT2D eigenvalue weighted by atomic mass is 32.2. The van der Waals surface area contributed by atoms with Crippen molar-refractivity contribution in [3.8, 4) is 0 Å². The third-order valence-corrected chi connectivity index (χ3v) is 5.00. The number of anilines is 2. The molecule has 0 spiro atoms. The minimum atomic E-state index is -3.52. The maximum Gasteiger partial charge on any atom is 0.242 e. The van der Waals surface area contributed by atoms with Gasteiger partial charge in [0, 0.05) is 20.6 Å². The van der Waals surface area contributed by atoms with Crippen LogP contribution in [0.25, 0.3) is 0 Å². The molecule has 0 fully saturated rings. The van der Waals surface area contributed by atoms with E-state index in [0.717, 1.165) is 4.31 Å². The van der Waals surface area contributed by atoms with E-state index in [1.54, 1.807) is 19.9 Å². The highest BCUT2D eigenvalue weighted by Crippen LogP contribution is 2.25. The van der Waals surface area contributed by atoms with Gasteiger partial charge in [-0.3, -0.25) is 4.79 Å². The Hall–Kier alpha value is -1.80. The Morgan fingerprint density at radius 2 is 1.90 bits per heavy atom. The lowest BCUT2D eigenvalue weighted by molar-refractivity contribution is -0.125. The van der Waals surface area contributed by atoms with Crippen molar-refractivity contribution in [1.82, 2.24) is 4.31 Å². The smallest absolute Gasteiger partial charge is 0.242 e. The summed E-state index contributed by atoms with van der Waals surface area (Å²) in [5, 5.41) is 3.01. The number of nitrogens with one attached hydrogen (secondary N) is 1. The van der Waals surface area contributed by atoms with Gasteiger partial charge in [0.15, 0.2) is 0 Å². The molecular formula is C13H22N4O3S. The number of benzene rings is 1. The number of carbonyl (C=O) groups excluding carboxylic acids is 1. The molecule has 5 N–H and O–H groups in total. The van der Waals surface area contributed by atoms with Crippen LogP contribution in [0.4, 0.5) is 11.4 Å². The van der Waals surface area contributed by atoms with E-state index in [4.69, 9.17) is 11.5 Å². The Labute approximate surface area is 125 Å². The number of rotatable bonds is 6. The van der Waals surface area contributed by atoms with Crippen molar-refractivity contribution in [1.29, 1.82) is 0 Å². The van der Waals surface area contributed by atoms with Crippen LogP contribution in [0, 0.1) is 5.41 Å². The van der Waals surface area contributed by atoms with E-state index >= 15 is 0 Å². The van der Waals surface area contributed by atoms with Crippen LogP contribution >= 0.6 is 0 Å². The minimum Gasteiger partial charge on any atom is -0.397 e. The molecule has 0 unspecified atom stereocenters. The zero-order chi connectivity index (χ0) is 16.4. The molecule has 1 rings (SSSR count). The van der Waals surface area contributed by atoms with Gasteiger partial charge in [0.2, 0.25) is 15.9 Å². The van der Waals surface area contributed by atoms with Crippen LogP contribution in [0.15, 0.2) is 23.1 Å².